The van der Waals surface area contributed by atoms with Crippen molar-refractivity contribution in [2.75, 3.05) is 22.5 Å². The lowest BCUT2D eigenvalue weighted by Gasteiger charge is -2.19. The predicted molar refractivity (Wildman–Crippen MR) is 123 cm³/mol. The van der Waals surface area contributed by atoms with Gasteiger partial charge in [-0.1, -0.05) is 61.5 Å². The summed E-state index contributed by atoms with van der Waals surface area (Å²) in [5.74, 6) is -0.0617. The molecule has 1 atom stereocenters. The maximum Gasteiger partial charge on any atom is 0.246 e. The molecule has 0 fully saturated rings. The van der Waals surface area contributed by atoms with E-state index < -0.39 is 0 Å². The van der Waals surface area contributed by atoms with Crippen molar-refractivity contribution < 1.29 is 4.79 Å². The van der Waals surface area contributed by atoms with E-state index in [-0.39, 0.29) is 11.9 Å². The molecule has 3 N–H and O–H groups in total. The topological polar surface area (TPSA) is 53.2 Å². The fourth-order valence-corrected chi connectivity index (χ4v) is 3.12. The lowest BCUT2D eigenvalue weighted by atomic mass is 10.1. The summed E-state index contributed by atoms with van der Waals surface area (Å²) < 4.78 is 0. The van der Waals surface area contributed by atoms with Gasteiger partial charge in [0.2, 0.25) is 5.91 Å². The Labute approximate surface area is 173 Å². The molecule has 1 amide bonds. The van der Waals surface area contributed by atoms with Crippen molar-refractivity contribution in [1.29, 1.82) is 0 Å². The van der Waals surface area contributed by atoms with E-state index in [2.05, 4.69) is 47.1 Å². The van der Waals surface area contributed by atoms with E-state index in [1.165, 1.54) is 11.1 Å². The Morgan fingerprint density at radius 3 is 2.17 bits per heavy atom. The molecule has 0 aliphatic rings. The van der Waals surface area contributed by atoms with Gasteiger partial charge in [0, 0.05) is 12.2 Å². The minimum Gasteiger partial charge on any atom is -0.383 e. The Hall–Kier alpha value is -3.27. The van der Waals surface area contributed by atoms with Gasteiger partial charge in [0.25, 0.3) is 0 Å². The predicted octanol–water partition coefficient (Wildman–Crippen LogP) is 5.34. The molecule has 0 spiro atoms. The van der Waals surface area contributed by atoms with E-state index in [1.807, 2.05) is 61.5 Å². The number of amides is 1. The number of aryl methyl sites for hydroxylation is 1. The quantitative estimate of drug-likeness (QED) is 0.464. The first-order valence-electron chi connectivity index (χ1n) is 10.2. The van der Waals surface area contributed by atoms with Gasteiger partial charge in [-0.15, -0.1) is 0 Å². The Kier molecular flexibility index (Phi) is 7.28. The lowest BCUT2D eigenvalue weighted by molar-refractivity contribution is -0.116. The van der Waals surface area contributed by atoms with Gasteiger partial charge >= 0.3 is 0 Å². The van der Waals surface area contributed by atoms with Crippen molar-refractivity contribution in [3.8, 4) is 0 Å². The molecule has 150 valence electrons. The van der Waals surface area contributed by atoms with Crippen molar-refractivity contribution in [3.05, 3.63) is 90.0 Å². The lowest BCUT2D eigenvalue weighted by Crippen LogP contribution is -2.32. The highest BCUT2D eigenvalue weighted by Crippen LogP contribution is 2.22. The second-order valence-corrected chi connectivity index (χ2v) is 7.11. The average Bonchev–Trinajstić information content (AvgIpc) is 2.76. The van der Waals surface area contributed by atoms with Crippen LogP contribution in [0.1, 0.15) is 25.0 Å². The van der Waals surface area contributed by atoms with Gasteiger partial charge in [0.05, 0.1) is 11.4 Å². The smallest absolute Gasteiger partial charge is 0.246 e. The fourth-order valence-electron chi connectivity index (χ4n) is 3.12. The second-order valence-electron chi connectivity index (χ2n) is 7.11. The number of hydrogen-bond donors (Lipinski definition) is 3. The van der Waals surface area contributed by atoms with Crippen molar-refractivity contribution >= 4 is 23.0 Å². The number of para-hydroxylation sites is 2. The summed E-state index contributed by atoms with van der Waals surface area (Å²) in [6.07, 6.45) is 1.93. The van der Waals surface area contributed by atoms with Crippen LogP contribution in [0, 0.1) is 0 Å². The Balaban J connectivity index is 1.56. The van der Waals surface area contributed by atoms with Crippen LogP contribution >= 0.6 is 0 Å². The van der Waals surface area contributed by atoms with Gasteiger partial charge in [-0.2, -0.15) is 0 Å². The van der Waals surface area contributed by atoms with Crippen molar-refractivity contribution in [1.82, 2.24) is 0 Å². The summed E-state index contributed by atoms with van der Waals surface area (Å²) >= 11 is 0. The summed E-state index contributed by atoms with van der Waals surface area (Å²) in [7, 11) is 0. The molecule has 1 unspecified atom stereocenters. The van der Waals surface area contributed by atoms with E-state index in [0.29, 0.717) is 0 Å². The Bertz CT molecular complexity index is 907. The molecule has 0 aliphatic carbocycles. The van der Waals surface area contributed by atoms with E-state index >= 15 is 0 Å². The number of anilines is 3. The standard InChI is InChI=1S/C25H29N3O/c1-3-20-13-15-22(16-14-20)28-25(29)19(2)27-24-12-8-7-11-23(24)26-18-17-21-9-5-4-6-10-21/h4-16,19,26-27H,3,17-18H2,1-2H3,(H,28,29). The first-order valence-corrected chi connectivity index (χ1v) is 10.2. The van der Waals surface area contributed by atoms with E-state index in [9.17, 15) is 4.79 Å². The summed E-state index contributed by atoms with van der Waals surface area (Å²) in [4.78, 5) is 12.6. The summed E-state index contributed by atoms with van der Waals surface area (Å²) in [5, 5.41) is 9.78. The molecule has 0 aliphatic heterocycles. The number of hydrogen-bond acceptors (Lipinski definition) is 3. The van der Waals surface area contributed by atoms with E-state index in [4.69, 9.17) is 0 Å². The van der Waals surface area contributed by atoms with Crippen LogP contribution in [0.5, 0.6) is 0 Å². The molecule has 0 aromatic heterocycles. The van der Waals surface area contributed by atoms with Crippen molar-refractivity contribution in [2.45, 2.75) is 32.7 Å². The SMILES string of the molecule is CCc1ccc(NC(=O)C(C)Nc2ccccc2NCCc2ccccc2)cc1. The van der Waals surface area contributed by atoms with E-state index in [1.54, 1.807) is 0 Å². The third kappa shape index (κ3) is 6.11. The normalized spacial score (nSPS) is 11.5. The Morgan fingerprint density at radius 2 is 1.48 bits per heavy atom. The number of nitrogens with one attached hydrogen (secondary N) is 3. The molecular formula is C25H29N3O. The average molecular weight is 388 g/mol. The Morgan fingerprint density at radius 1 is 0.828 bits per heavy atom. The minimum atomic E-state index is -0.363. The number of carbonyl (C=O) groups is 1. The molecule has 0 saturated heterocycles. The van der Waals surface area contributed by atoms with Crippen LogP contribution in [0.4, 0.5) is 17.1 Å². The zero-order chi connectivity index (χ0) is 20.5. The van der Waals surface area contributed by atoms with Gasteiger partial charge < -0.3 is 16.0 Å². The molecule has 3 rings (SSSR count). The largest absolute Gasteiger partial charge is 0.383 e. The van der Waals surface area contributed by atoms with Gasteiger partial charge in [-0.25, -0.2) is 0 Å². The third-order valence-electron chi connectivity index (χ3n) is 4.89. The van der Waals surface area contributed by atoms with Gasteiger partial charge in [0.15, 0.2) is 0 Å². The molecule has 0 bridgehead atoms. The highest BCUT2D eigenvalue weighted by molar-refractivity contribution is 5.96. The molecule has 0 radical (unpaired) electrons. The van der Waals surface area contributed by atoms with Gasteiger partial charge in [0.1, 0.15) is 6.04 Å². The number of rotatable bonds is 9. The van der Waals surface area contributed by atoms with Crippen LogP contribution < -0.4 is 16.0 Å². The molecule has 3 aromatic rings. The van der Waals surface area contributed by atoms with Crippen LogP contribution in [-0.2, 0) is 17.6 Å². The van der Waals surface area contributed by atoms with Crippen LogP contribution in [0.15, 0.2) is 78.9 Å². The first kappa shape index (κ1) is 20.5. The molecule has 3 aromatic carbocycles. The van der Waals surface area contributed by atoms with Gasteiger partial charge in [-0.3, -0.25) is 4.79 Å². The summed E-state index contributed by atoms with van der Waals surface area (Å²) in [6.45, 7) is 4.81. The van der Waals surface area contributed by atoms with Crippen LogP contribution in [0.25, 0.3) is 0 Å². The van der Waals surface area contributed by atoms with Gasteiger partial charge in [-0.05, 0) is 55.2 Å². The zero-order valence-corrected chi connectivity index (χ0v) is 17.1. The number of benzene rings is 3. The van der Waals surface area contributed by atoms with Crippen LogP contribution in [-0.4, -0.2) is 18.5 Å². The van der Waals surface area contributed by atoms with Crippen LogP contribution in [0.2, 0.25) is 0 Å². The highest BCUT2D eigenvalue weighted by Gasteiger charge is 2.14. The first-order chi connectivity index (χ1) is 14.2. The molecule has 0 heterocycles. The minimum absolute atomic E-state index is 0.0617. The van der Waals surface area contributed by atoms with Crippen LogP contribution in [0.3, 0.4) is 0 Å². The highest BCUT2D eigenvalue weighted by atomic mass is 16.2. The maximum atomic E-state index is 12.6. The zero-order valence-electron chi connectivity index (χ0n) is 17.1. The van der Waals surface area contributed by atoms with E-state index in [0.717, 1.165) is 36.4 Å². The molecule has 4 heteroatoms. The molecule has 4 nitrogen and oxygen atoms in total. The van der Waals surface area contributed by atoms with Crippen molar-refractivity contribution in [3.63, 3.8) is 0 Å². The summed E-state index contributed by atoms with van der Waals surface area (Å²) in [6, 6.07) is 26.0. The second kappa shape index (κ2) is 10.3. The molecule has 29 heavy (non-hydrogen) atoms. The number of carbonyl (C=O) groups excluding carboxylic acids is 1. The maximum absolute atomic E-state index is 12.6. The van der Waals surface area contributed by atoms with Crippen molar-refractivity contribution in [2.24, 2.45) is 0 Å². The molecule has 0 saturated carbocycles. The fraction of sp³-hybridized carbons (Fsp3) is 0.240. The third-order valence-corrected chi connectivity index (χ3v) is 4.89. The molecular weight excluding hydrogens is 358 g/mol. The summed E-state index contributed by atoms with van der Waals surface area (Å²) in [5.41, 5.74) is 5.28. The monoisotopic (exact) mass is 387 g/mol.